The van der Waals surface area contributed by atoms with Crippen LogP contribution in [0.25, 0.3) is 0 Å². The Morgan fingerprint density at radius 3 is 2.86 bits per heavy atom. The minimum absolute atomic E-state index is 0.0177. The number of anilines is 2. The Morgan fingerprint density at radius 2 is 2.09 bits per heavy atom. The number of amides is 1. The molecule has 2 aliphatic heterocycles. The van der Waals surface area contributed by atoms with Crippen LogP contribution < -0.4 is 15.5 Å². The summed E-state index contributed by atoms with van der Waals surface area (Å²) < 4.78 is 5.60. The first-order valence-corrected chi connectivity index (χ1v) is 8.29. The Bertz CT molecular complexity index is 494. The van der Waals surface area contributed by atoms with Crippen molar-refractivity contribution in [2.24, 2.45) is 0 Å². The molecular formula is C17H25N3O2. The van der Waals surface area contributed by atoms with Gasteiger partial charge in [-0.1, -0.05) is 12.1 Å². The third kappa shape index (κ3) is 3.99. The van der Waals surface area contributed by atoms with Crippen molar-refractivity contribution in [3.63, 3.8) is 0 Å². The lowest BCUT2D eigenvalue weighted by Crippen LogP contribution is -2.40. The molecule has 0 aromatic heterocycles. The topological polar surface area (TPSA) is 53.6 Å². The number of benzene rings is 1. The van der Waals surface area contributed by atoms with Gasteiger partial charge in [0.05, 0.1) is 30.5 Å². The van der Waals surface area contributed by atoms with Gasteiger partial charge >= 0.3 is 0 Å². The Labute approximate surface area is 132 Å². The van der Waals surface area contributed by atoms with Gasteiger partial charge in [0.25, 0.3) is 0 Å². The van der Waals surface area contributed by atoms with E-state index in [9.17, 15) is 4.79 Å². The minimum atomic E-state index is -0.0177. The van der Waals surface area contributed by atoms with Gasteiger partial charge < -0.3 is 20.3 Å². The van der Waals surface area contributed by atoms with Crippen molar-refractivity contribution >= 4 is 17.3 Å². The number of hydrogen-bond donors (Lipinski definition) is 2. The molecule has 5 heteroatoms. The molecule has 0 aliphatic carbocycles. The van der Waals surface area contributed by atoms with Crippen LogP contribution in [0.2, 0.25) is 0 Å². The number of para-hydroxylation sites is 2. The summed E-state index contributed by atoms with van der Waals surface area (Å²) in [4.78, 5) is 14.7. The summed E-state index contributed by atoms with van der Waals surface area (Å²) in [7, 11) is 0. The Hall–Kier alpha value is -1.59. The second-order valence-electron chi connectivity index (χ2n) is 6.01. The number of carbonyl (C=O) groups excluding carboxylic acids is 1. The maximum atomic E-state index is 12.3. The standard InChI is InChI=1S/C17H25N3O2/c21-17(12-14-13-18-8-11-22-14)19-15-6-2-3-7-16(15)20-9-4-1-5-10-20/h2-3,6-7,14,18H,1,4-5,8-13H2,(H,19,21). The van der Waals surface area contributed by atoms with Gasteiger partial charge in [-0.05, 0) is 31.4 Å². The highest BCUT2D eigenvalue weighted by Gasteiger charge is 2.19. The third-order valence-electron chi connectivity index (χ3n) is 4.29. The van der Waals surface area contributed by atoms with Crippen molar-refractivity contribution in [1.82, 2.24) is 5.32 Å². The van der Waals surface area contributed by atoms with Gasteiger partial charge in [-0.15, -0.1) is 0 Å². The van der Waals surface area contributed by atoms with Crippen LogP contribution in [0.15, 0.2) is 24.3 Å². The van der Waals surface area contributed by atoms with Crippen LogP contribution in [-0.2, 0) is 9.53 Å². The molecule has 2 heterocycles. The fourth-order valence-corrected chi connectivity index (χ4v) is 3.15. The lowest BCUT2D eigenvalue weighted by molar-refractivity contribution is -0.119. The van der Waals surface area contributed by atoms with Crippen molar-refractivity contribution in [1.29, 1.82) is 0 Å². The number of ether oxygens (including phenoxy) is 1. The predicted octanol–water partition coefficient (Wildman–Crippen LogP) is 1.99. The van der Waals surface area contributed by atoms with Crippen LogP contribution in [0.1, 0.15) is 25.7 Å². The van der Waals surface area contributed by atoms with E-state index in [1.54, 1.807) is 0 Å². The molecule has 0 radical (unpaired) electrons. The smallest absolute Gasteiger partial charge is 0.227 e. The summed E-state index contributed by atoms with van der Waals surface area (Å²) in [6.45, 7) is 4.45. The molecule has 22 heavy (non-hydrogen) atoms. The first-order chi connectivity index (χ1) is 10.8. The average molecular weight is 303 g/mol. The normalized spacial score (nSPS) is 22.4. The highest BCUT2D eigenvalue weighted by atomic mass is 16.5. The van der Waals surface area contributed by atoms with Crippen LogP contribution in [0.4, 0.5) is 11.4 Å². The minimum Gasteiger partial charge on any atom is -0.375 e. The van der Waals surface area contributed by atoms with E-state index in [0.29, 0.717) is 13.0 Å². The number of morpholine rings is 1. The fraction of sp³-hybridized carbons (Fsp3) is 0.588. The van der Waals surface area contributed by atoms with Crippen molar-refractivity contribution < 1.29 is 9.53 Å². The molecule has 1 aromatic carbocycles. The molecule has 1 unspecified atom stereocenters. The number of nitrogens with one attached hydrogen (secondary N) is 2. The molecule has 2 N–H and O–H groups in total. The van der Waals surface area contributed by atoms with Gasteiger partial charge in [-0.25, -0.2) is 0 Å². The molecule has 3 rings (SSSR count). The van der Waals surface area contributed by atoms with E-state index < -0.39 is 0 Å². The van der Waals surface area contributed by atoms with Gasteiger partial charge in [0.1, 0.15) is 0 Å². The summed E-state index contributed by atoms with van der Waals surface area (Å²) in [6, 6.07) is 8.09. The van der Waals surface area contributed by atoms with Crippen molar-refractivity contribution in [3.05, 3.63) is 24.3 Å². The molecule has 2 fully saturated rings. The molecule has 1 atom stereocenters. The molecule has 1 amide bonds. The quantitative estimate of drug-likeness (QED) is 0.893. The third-order valence-corrected chi connectivity index (χ3v) is 4.29. The Kier molecular flexibility index (Phi) is 5.29. The molecule has 2 saturated heterocycles. The van der Waals surface area contributed by atoms with Crippen LogP contribution in [-0.4, -0.2) is 44.8 Å². The van der Waals surface area contributed by atoms with Crippen molar-refractivity contribution in [2.75, 3.05) is 43.0 Å². The zero-order valence-electron chi connectivity index (χ0n) is 13.0. The molecule has 0 bridgehead atoms. The van der Waals surface area contributed by atoms with Gasteiger partial charge in [-0.3, -0.25) is 4.79 Å². The predicted molar refractivity (Wildman–Crippen MR) is 88.4 cm³/mol. The first kappa shape index (κ1) is 15.3. The van der Waals surface area contributed by atoms with Crippen LogP contribution in [0.3, 0.4) is 0 Å². The Balaban J connectivity index is 1.62. The number of piperidine rings is 1. The lowest BCUT2D eigenvalue weighted by Gasteiger charge is -2.30. The SMILES string of the molecule is O=C(CC1CNCCO1)Nc1ccccc1N1CCCCC1. The summed E-state index contributed by atoms with van der Waals surface area (Å²) in [6.07, 6.45) is 4.14. The first-order valence-electron chi connectivity index (χ1n) is 8.29. The molecule has 5 nitrogen and oxygen atoms in total. The van der Waals surface area contributed by atoms with Gasteiger partial charge in [-0.2, -0.15) is 0 Å². The van der Waals surface area contributed by atoms with Crippen LogP contribution in [0, 0.1) is 0 Å². The van der Waals surface area contributed by atoms with Crippen molar-refractivity contribution in [2.45, 2.75) is 31.8 Å². The van der Waals surface area contributed by atoms with E-state index in [-0.39, 0.29) is 12.0 Å². The maximum Gasteiger partial charge on any atom is 0.227 e. The largest absolute Gasteiger partial charge is 0.375 e. The maximum absolute atomic E-state index is 12.3. The van der Waals surface area contributed by atoms with Crippen LogP contribution in [0.5, 0.6) is 0 Å². The highest BCUT2D eigenvalue weighted by Crippen LogP contribution is 2.28. The molecule has 0 spiro atoms. The van der Waals surface area contributed by atoms with Gasteiger partial charge in [0.15, 0.2) is 0 Å². The molecule has 120 valence electrons. The molecule has 2 aliphatic rings. The number of rotatable bonds is 4. The van der Waals surface area contributed by atoms with Crippen LogP contribution >= 0.6 is 0 Å². The summed E-state index contributed by atoms with van der Waals surface area (Å²) >= 11 is 0. The van der Waals surface area contributed by atoms with E-state index >= 15 is 0 Å². The number of carbonyl (C=O) groups is 1. The summed E-state index contributed by atoms with van der Waals surface area (Å²) in [5, 5.41) is 6.32. The van der Waals surface area contributed by atoms with Gasteiger partial charge in [0.2, 0.25) is 5.91 Å². The van der Waals surface area contributed by atoms with E-state index in [4.69, 9.17) is 4.74 Å². The number of nitrogens with zero attached hydrogens (tertiary/aromatic N) is 1. The Morgan fingerprint density at radius 1 is 1.27 bits per heavy atom. The second-order valence-corrected chi connectivity index (χ2v) is 6.01. The highest BCUT2D eigenvalue weighted by molar-refractivity contribution is 5.94. The van der Waals surface area contributed by atoms with Crippen molar-refractivity contribution in [3.8, 4) is 0 Å². The summed E-state index contributed by atoms with van der Waals surface area (Å²) in [5.41, 5.74) is 2.05. The fourth-order valence-electron chi connectivity index (χ4n) is 3.15. The monoisotopic (exact) mass is 303 g/mol. The van der Waals surface area contributed by atoms with Gasteiger partial charge in [0, 0.05) is 26.2 Å². The molecular weight excluding hydrogens is 278 g/mol. The number of hydrogen-bond acceptors (Lipinski definition) is 4. The van der Waals surface area contributed by atoms with E-state index in [2.05, 4.69) is 21.6 Å². The zero-order chi connectivity index (χ0) is 15.2. The summed E-state index contributed by atoms with van der Waals surface area (Å²) in [5.74, 6) is 0.0261. The van der Waals surface area contributed by atoms with E-state index in [0.717, 1.165) is 37.6 Å². The second kappa shape index (κ2) is 7.61. The molecule has 0 saturated carbocycles. The lowest BCUT2D eigenvalue weighted by atomic mass is 10.1. The van der Waals surface area contributed by atoms with E-state index in [1.807, 2.05) is 18.2 Å². The average Bonchev–Trinajstić information content (AvgIpc) is 2.57. The zero-order valence-corrected chi connectivity index (χ0v) is 13.0. The molecule has 1 aromatic rings. The van der Waals surface area contributed by atoms with E-state index in [1.165, 1.54) is 19.3 Å².